The van der Waals surface area contributed by atoms with Crippen LogP contribution in [0.25, 0.3) is 0 Å². The topological polar surface area (TPSA) is 44.8 Å². The SMILES string of the molecule is Cc1cc(OCCN(C)C)ccc1NC(=O)CCC1CCCCN1C. The van der Waals surface area contributed by atoms with Crippen LogP contribution in [0.1, 0.15) is 37.7 Å². The molecule has 0 bridgehead atoms. The van der Waals surface area contributed by atoms with Gasteiger partial charge in [-0.3, -0.25) is 4.79 Å². The van der Waals surface area contributed by atoms with Crippen LogP contribution in [-0.2, 0) is 4.79 Å². The fraction of sp³-hybridized carbons (Fsp3) is 0.650. The van der Waals surface area contributed by atoms with Crippen LogP contribution in [0.15, 0.2) is 18.2 Å². The van der Waals surface area contributed by atoms with Crippen molar-refractivity contribution >= 4 is 11.6 Å². The molecule has 1 heterocycles. The molecule has 1 aliphatic rings. The van der Waals surface area contributed by atoms with Crippen LogP contribution in [0.3, 0.4) is 0 Å². The molecule has 0 spiro atoms. The zero-order valence-corrected chi connectivity index (χ0v) is 16.2. The summed E-state index contributed by atoms with van der Waals surface area (Å²) < 4.78 is 5.74. The van der Waals surface area contributed by atoms with Gasteiger partial charge in [-0.05, 0) is 77.6 Å². The van der Waals surface area contributed by atoms with E-state index in [-0.39, 0.29) is 5.91 Å². The van der Waals surface area contributed by atoms with Gasteiger partial charge in [-0.25, -0.2) is 0 Å². The Morgan fingerprint density at radius 1 is 1.36 bits per heavy atom. The summed E-state index contributed by atoms with van der Waals surface area (Å²) in [6.45, 7) is 4.70. The fourth-order valence-electron chi connectivity index (χ4n) is 3.23. The van der Waals surface area contributed by atoms with Gasteiger partial charge in [0.15, 0.2) is 0 Å². The van der Waals surface area contributed by atoms with Crippen LogP contribution < -0.4 is 10.1 Å². The molecule has 0 aliphatic carbocycles. The summed E-state index contributed by atoms with van der Waals surface area (Å²) in [6, 6.07) is 6.39. The number of rotatable bonds is 8. The Balaban J connectivity index is 1.79. The molecule has 5 heteroatoms. The normalized spacial score (nSPS) is 18.4. The van der Waals surface area contributed by atoms with Crippen LogP contribution in [0.5, 0.6) is 5.75 Å². The molecule has 0 radical (unpaired) electrons. The van der Waals surface area contributed by atoms with Crippen molar-refractivity contribution in [3.8, 4) is 5.75 Å². The Morgan fingerprint density at radius 3 is 2.84 bits per heavy atom. The van der Waals surface area contributed by atoms with Gasteiger partial charge in [-0.2, -0.15) is 0 Å². The Kier molecular flexibility index (Phi) is 7.72. The van der Waals surface area contributed by atoms with E-state index in [9.17, 15) is 4.79 Å². The quantitative estimate of drug-likeness (QED) is 0.785. The van der Waals surface area contributed by atoms with E-state index in [0.29, 0.717) is 19.1 Å². The second-order valence-electron chi connectivity index (χ2n) is 7.35. The third kappa shape index (κ3) is 6.67. The summed E-state index contributed by atoms with van der Waals surface area (Å²) in [5.41, 5.74) is 1.91. The van der Waals surface area contributed by atoms with Crippen molar-refractivity contribution in [2.24, 2.45) is 0 Å². The highest BCUT2D eigenvalue weighted by atomic mass is 16.5. The Hall–Kier alpha value is -1.59. The summed E-state index contributed by atoms with van der Waals surface area (Å²) in [5, 5.41) is 3.04. The lowest BCUT2D eigenvalue weighted by Gasteiger charge is -2.32. The highest BCUT2D eigenvalue weighted by molar-refractivity contribution is 5.91. The predicted octanol–water partition coefficient (Wildman–Crippen LogP) is 3.14. The van der Waals surface area contributed by atoms with Crippen molar-refractivity contribution in [2.45, 2.75) is 45.1 Å². The standard InChI is InChI=1S/C20H33N3O2/c1-16-15-18(25-14-13-22(2)3)9-10-19(16)21-20(24)11-8-17-7-5-6-12-23(17)4/h9-10,15,17H,5-8,11-14H2,1-4H3,(H,21,24). The third-order valence-electron chi connectivity index (χ3n) is 4.91. The maximum atomic E-state index is 12.3. The molecule has 1 fully saturated rings. The van der Waals surface area contributed by atoms with Crippen molar-refractivity contribution in [1.29, 1.82) is 0 Å². The highest BCUT2D eigenvalue weighted by Gasteiger charge is 2.19. The molecule has 0 aromatic heterocycles. The summed E-state index contributed by atoms with van der Waals surface area (Å²) in [6.07, 6.45) is 5.29. The molecule has 1 atom stereocenters. The van der Waals surface area contributed by atoms with E-state index in [1.54, 1.807) is 0 Å². The number of hydrogen-bond donors (Lipinski definition) is 1. The number of ether oxygens (including phenoxy) is 1. The average molecular weight is 348 g/mol. The Morgan fingerprint density at radius 2 is 2.16 bits per heavy atom. The molecule has 1 saturated heterocycles. The first-order valence-corrected chi connectivity index (χ1v) is 9.34. The first-order chi connectivity index (χ1) is 12.0. The summed E-state index contributed by atoms with van der Waals surface area (Å²) in [7, 11) is 6.22. The minimum atomic E-state index is 0.100. The number of benzene rings is 1. The van der Waals surface area contributed by atoms with Crippen LogP contribution in [0, 0.1) is 6.92 Å². The van der Waals surface area contributed by atoms with Crippen molar-refractivity contribution in [3.05, 3.63) is 23.8 Å². The van der Waals surface area contributed by atoms with Crippen molar-refractivity contribution < 1.29 is 9.53 Å². The van der Waals surface area contributed by atoms with Gasteiger partial charge >= 0.3 is 0 Å². The average Bonchev–Trinajstić information content (AvgIpc) is 2.56. The zero-order valence-electron chi connectivity index (χ0n) is 16.2. The monoisotopic (exact) mass is 347 g/mol. The molecular weight excluding hydrogens is 314 g/mol. The first kappa shape index (κ1) is 19.7. The number of piperidine rings is 1. The van der Waals surface area contributed by atoms with Crippen molar-refractivity contribution in [3.63, 3.8) is 0 Å². The molecule has 1 aliphatic heterocycles. The molecule has 1 aromatic rings. The highest BCUT2D eigenvalue weighted by Crippen LogP contribution is 2.23. The molecular formula is C20H33N3O2. The van der Waals surface area contributed by atoms with E-state index in [1.807, 2.05) is 39.2 Å². The predicted molar refractivity (Wildman–Crippen MR) is 103 cm³/mol. The number of nitrogens with one attached hydrogen (secondary N) is 1. The van der Waals surface area contributed by atoms with Crippen LogP contribution in [0.4, 0.5) is 5.69 Å². The number of amides is 1. The molecule has 5 nitrogen and oxygen atoms in total. The lowest BCUT2D eigenvalue weighted by Crippen LogP contribution is -2.36. The number of hydrogen-bond acceptors (Lipinski definition) is 4. The molecule has 0 saturated carbocycles. The first-order valence-electron chi connectivity index (χ1n) is 9.34. The second-order valence-corrected chi connectivity index (χ2v) is 7.35. The van der Waals surface area contributed by atoms with Crippen LogP contribution >= 0.6 is 0 Å². The molecule has 1 N–H and O–H groups in total. The number of carbonyl (C=O) groups excluding carboxylic acids is 1. The maximum Gasteiger partial charge on any atom is 0.224 e. The lowest BCUT2D eigenvalue weighted by atomic mass is 9.98. The Labute approximate surface area is 152 Å². The van der Waals surface area contributed by atoms with E-state index in [1.165, 1.54) is 19.3 Å². The minimum Gasteiger partial charge on any atom is -0.492 e. The van der Waals surface area contributed by atoms with Gasteiger partial charge in [0.1, 0.15) is 12.4 Å². The number of likely N-dealkylation sites (N-methyl/N-ethyl adjacent to an activating group) is 1. The lowest BCUT2D eigenvalue weighted by molar-refractivity contribution is -0.116. The smallest absolute Gasteiger partial charge is 0.224 e. The zero-order chi connectivity index (χ0) is 18.2. The number of anilines is 1. The molecule has 1 amide bonds. The van der Waals surface area contributed by atoms with E-state index in [4.69, 9.17) is 4.74 Å². The third-order valence-corrected chi connectivity index (χ3v) is 4.91. The van der Waals surface area contributed by atoms with Gasteiger partial charge in [0.2, 0.25) is 5.91 Å². The fourth-order valence-corrected chi connectivity index (χ4v) is 3.23. The summed E-state index contributed by atoms with van der Waals surface area (Å²) in [4.78, 5) is 16.8. The van der Waals surface area contributed by atoms with E-state index < -0.39 is 0 Å². The Bertz CT molecular complexity index is 560. The number of likely N-dealkylation sites (tertiary alicyclic amines) is 1. The number of carbonyl (C=O) groups is 1. The van der Waals surface area contributed by atoms with Gasteiger partial charge in [-0.15, -0.1) is 0 Å². The van der Waals surface area contributed by atoms with Crippen molar-refractivity contribution in [1.82, 2.24) is 9.80 Å². The largest absolute Gasteiger partial charge is 0.492 e. The summed E-state index contributed by atoms with van der Waals surface area (Å²) in [5.74, 6) is 0.949. The molecule has 25 heavy (non-hydrogen) atoms. The van der Waals surface area contributed by atoms with Gasteiger partial charge in [-0.1, -0.05) is 6.42 Å². The molecule has 1 aromatic carbocycles. The minimum absolute atomic E-state index is 0.100. The van der Waals surface area contributed by atoms with Gasteiger partial charge < -0.3 is 19.9 Å². The molecule has 1 unspecified atom stereocenters. The van der Waals surface area contributed by atoms with Crippen LogP contribution in [-0.4, -0.2) is 62.6 Å². The van der Waals surface area contributed by atoms with Gasteiger partial charge in [0.25, 0.3) is 0 Å². The van der Waals surface area contributed by atoms with Gasteiger partial charge in [0, 0.05) is 24.7 Å². The number of aryl methyl sites for hydroxylation is 1. The van der Waals surface area contributed by atoms with E-state index in [2.05, 4.69) is 22.2 Å². The van der Waals surface area contributed by atoms with E-state index >= 15 is 0 Å². The van der Waals surface area contributed by atoms with E-state index in [0.717, 1.165) is 36.5 Å². The maximum absolute atomic E-state index is 12.3. The molecule has 2 rings (SSSR count). The summed E-state index contributed by atoms with van der Waals surface area (Å²) >= 11 is 0. The molecule has 140 valence electrons. The second kappa shape index (κ2) is 9.78. The van der Waals surface area contributed by atoms with Gasteiger partial charge in [0.05, 0.1) is 0 Å². The van der Waals surface area contributed by atoms with Crippen LogP contribution in [0.2, 0.25) is 0 Å². The van der Waals surface area contributed by atoms with Crippen molar-refractivity contribution in [2.75, 3.05) is 46.2 Å². The number of nitrogens with zero attached hydrogens (tertiary/aromatic N) is 2.